The van der Waals surface area contributed by atoms with Crippen LogP contribution in [-0.4, -0.2) is 67.9 Å². The van der Waals surface area contributed by atoms with Gasteiger partial charge >= 0.3 is 0 Å². The molecule has 2 amide bonds. The van der Waals surface area contributed by atoms with Gasteiger partial charge in [-0.3, -0.25) is 14.5 Å². The summed E-state index contributed by atoms with van der Waals surface area (Å²) in [5.41, 5.74) is 3.13. The number of nitrogens with one attached hydrogen (secondary N) is 2. The van der Waals surface area contributed by atoms with Crippen molar-refractivity contribution in [1.82, 2.24) is 15.1 Å². The summed E-state index contributed by atoms with van der Waals surface area (Å²) in [6.45, 7) is 7.67. The van der Waals surface area contributed by atoms with Crippen molar-refractivity contribution in [3.8, 4) is 0 Å². The highest BCUT2D eigenvalue weighted by atomic mass is 16.2. The van der Waals surface area contributed by atoms with Crippen molar-refractivity contribution in [2.75, 3.05) is 51.6 Å². The molecule has 2 N–H and O–H groups in total. The molecule has 6 nitrogen and oxygen atoms in total. The first-order valence-electron chi connectivity index (χ1n) is 8.00. The van der Waals surface area contributed by atoms with Crippen LogP contribution in [-0.2, 0) is 9.59 Å². The highest BCUT2D eigenvalue weighted by molar-refractivity contribution is 5.92. The van der Waals surface area contributed by atoms with Crippen molar-refractivity contribution < 1.29 is 9.59 Å². The first kappa shape index (κ1) is 17.4. The molecule has 1 aliphatic heterocycles. The number of carbonyl (C=O) groups excluding carboxylic acids is 2. The lowest BCUT2D eigenvalue weighted by atomic mass is 10.1. The van der Waals surface area contributed by atoms with Gasteiger partial charge < -0.3 is 15.5 Å². The lowest BCUT2D eigenvalue weighted by Crippen LogP contribution is -2.49. The van der Waals surface area contributed by atoms with Crippen molar-refractivity contribution in [2.45, 2.75) is 13.8 Å². The van der Waals surface area contributed by atoms with E-state index in [0.717, 1.165) is 37.4 Å². The zero-order valence-electron chi connectivity index (χ0n) is 14.2. The summed E-state index contributed by atoms with van der Waals surface area (Å²) < 4.78 is 0. The zero-order chi connectivity index (χ0) is 16.8. The van der Waals surface area contributed by atoms with Crippen LogP contribution in [0.15, 0.2) is 18.2 Å². The van der Waals surface area contributed by atoms with E-state index in [9.17, 15) is 9.59 Å². The van der Waals surface area contributed by atoms with Crippen LogP contribution in [0.5, 0.6) is 0 Å². The maximum atomic E-state index is 12.2. The Morgan fingerprint density at radius 2 is 1.87 bits per heavy atom. The van der Waals surface area contributed by atoms with Gasteiger partial charge in [0.05, 0.1) is 13.1 Å². The first-order valence-corrected chi connectivity index (χ1v) is 8.00. The van der Waals surface area contributed by atoms with Crippen molar-refractivity contribution in [1.29, 1.82) is 0 Å². The maximum absolute atomic E-state index is 12.2. The standard InChI is InChI=1S/C17H26N4O2/c1-13-4-5-15(10-14(13)2)19-16(22)11-20(3)12-17(23)21-8-6-18-7-9-21/h4-5,10,18H,6-9,11-12H2,1-3H3,(H,19,22). The lowest BCUT2D eigenvalue weighted by Gasteiger charge is -2.29. The summed E-state index contributed by atoms with van der Waals surface area (Å²) in [4.78, 5) is 27.8. The summed E-state index contributed by atoms with van der Waals surface area (Å²) in [5, 5.41) is 6.10. The van der Waals surface area contributed by atoms with Gasteiger partial charge in [-0.1, -0.05) is 6.07 Å². The molecule has 0 unspecified atom stereocenters. The number of amides is 2. The van der Waals surface area contributed by atoms with E-state index in [1.165, 1.54) is 5.56 Å². The summed E-state index contributed by atoms with van der Waals surface area (Å²) in [6.07, 6.45) is 0. The van der Waals surface area contributed by atoms with E-state index in [1.54, 1.807) is 11.9 Å². The molecule has 1 fully saturated rings. The molecule has 1 saturated heterocycles. The van der Waals surface area contributed by atoms with E-state index in [0.29, 0.717) is 0 Å². The van der Waals surface area contributed by atoms with E-state index in [-0.39, 0.29) is 24.9 Å². The predicted octanol–water partition coefficient (Wildman–Crippen LogP) is 0.606. The van der Waals surface area contributed by atoms with E-state index in [2.05, 4.69) is 10.6 Å². The van der Waals surface area contributed by atoms with Crippen LogP contribution in [0.2, 0.25) is 0 Å². The van der Waals surface area contributed by atoms with Crippen LogP contribution in [0.3, 0.4) is 0 Å². The van der Waals surface area contributed by atoms with Gasteiger partial charge in [-0.15, -0.1) is 0 Å². The van der Waals surface area contributed by atoms with Crippen LogP contribution < -0.4 is 10.6 Å². The quantitative estimate of drug-likeness (QED) is 0.835. The predicted molar refractivity (Wildman–Crippen MR) is 91.5 cm³/mol. The van der Waals surface area contributed by atoms with E-state index in [1.807, 2.05) is 36.9 Å². The van der Waals surface area contributed by atoms with Gasteiger partial charge in [0.1, 0.15) is 0 Å². The van der Waals surface area contributed by atoms with Gasteiger partial charge in [0.2, 0.25) is 11.8 Å². The highest BCUT2D eigenvalue weighted by Crippen LogP contribution is 2.14. The summed E-state index contributed by atoms with van der Waals surface area (Å²) in [5.74, 6) is -0.0307. The summed E-state index contributed by atoms with van der Waals surface area (Å²) in [6, 6.07) is 5.84. The fourth-order valence-electron chi connectivity index (χ4n) is 2.57. The molecule has 0 aliphatic carbocycles. The number of rotatable bonds is 5. The van der Waals surface area contributed by atoms with Crippen LogP contribution in [0.4, 0.5) is 5.69 Å². The van der Waals surface area contributed by atoms with Gasteiger partial charge in [0, 0.05) is 31.9 Å². The fourth-order valence-corrected chi connectivity index (χ4v) is 2.57. The number of likely N-dealkylation sites (N-methyl/N-ethyl adjacent to an activating group) is 1. The van der Waals surface area contributed by atoms with Crippen LogP contribution in [0.1, 0.15) is 11.1 Å². The molecule has 126 valence electrons. The van der Waals surface area contributed by atoms with E-state index >= 15 is 0 Å². The number of hydrogen-bond acceptors (Lipinski definition) is 4. The Morgan fingerprint density at radius 1 is 1.17 bits per heavy atom. The Balaban J connectivity index is 1.79. The van der Waals surface area contributed by atoms with Gasteiger partial charge in [-0.25, -0.2) is 0 Å². The molecule has 23 heavy (non-hydrogen) atoms. The average molecular weight is 318 g/mol. The average Bonchev–Trinajstić information content (AvgIpc) is 2.51. The molecule has 0 saturated carbocycles. The lowest BCUT2D eigenvalue weighted by molar-refractivity contribution is -0.133. The third-order valence-corrected chi connectivity index (χ3v) is 4.08. The number of nitrogens with zero attached hydrogens (tertiary/aromatic N) is 2. The molecule has 0 spiro atoms. The minimum absolute atomic E-state index is 0.0768. The van der Waals surface area contributed by atoms with Crippen LogP contribution >= 0.6 is 0 Å². The molecule has 0 radical (unpaired) electrons. The molecule has 2 rings (SSSR count). The van der Waals surface area contributed by atoms with Crippen molar-refractivity contribution in [3.63, 3.8) is 0 Å². The van der Waals surface area contributed by atoms with Crippen LogP contribution in [0.25, 0.3) is 0 Å². The smallest absolute Gasteiger partial charge is 0.238 e. The third kappa shape index (κ3) is 5.33. The topological polar surface area (TPSA) is 64.7 Å². The number of aryl methyl sites for hydroxylation is 2. The Kier molecular flexibility index (Phi) is 6.12. The Bertz CT molecular complexity index is 568. The third-order valence-electron chi connectivity index (χ3n) is 4.08. The highest BCUT2D eigenvalue weighted by Gasteiger charge is 2.18. The molecule has 0 bridgehead atoms. The minimum atomic E-state index is -0.108. The normalized spacial score (nSPS) is 14.9. The molecule has 0 aromatic heterocycles. The molecule has 1 aromatic rings. The molecular weight excluding hydrogens is 292 g/mol. The zero-order valence-corrected chi connectivity index (χ0v) is 14.2. The summed E-state index contributed by atoms with van der Waals surface area (Å²) in [7, 11) is 1.79. The number of benzene rings is 1. The molecule has 0 atom stereocenters. The van der Waals surface area contributed by atoms with Gasteiger partial charge in [0.15, 0.2) is 0 Å². The Labute approximate surface area is 137 Å². The largest absolute Gasteiger partial charge is 0.339 e. The Morgan fingerprint density at radius 3 is 2.52 bits per heavy atom. The Hall–Kier alpha value is -1.92. The maximum Gasteiger partial charge on any atom is 0.238 e. The first-order chi connectivity index (χ1) is 11.0. The second-order valence-electron chi connectivity index (χ2n) is 6.15. The van der Waals surface area contributed by atoms with Crippen molar-refractivity contribution >= 4 is 17.5 Å². The molecule has 1 aliphatic rings. The fraction of sp³-hybridized carbons (Fsp3) is 0.529. The van der Waals surface area contributed by atoms with Gasteiger partial charge in [0.25, 0.3) is 0 Å². The van der Waals surface area contributed by atoms with E-state index in [4.69, 9.17) is 0 Å². The number of piperazine rings is 1. The van der Waals surface area contributed by atoms with Gasteiger partial charge in [-0.2, -0.15) is 0 Å². The number of anilines is 1. The van der Waals surface area contributed by atoms with Crippen molar-refractivity contribution in [2.24, 2.45) is 0 Å². The van der Waals surface area contributed by atoms with E-state index < -0.39 is 0 Å². The molecule has 6 heteroatoms. The second-order valence-corrected chi connectivity index (χ2v) is 6.15. The minimum Gasteiger partial charge on any atom is -0.339 e. The second kappa shape index (κ2) is 8.08. The SMILES string of the molecule is Cc1ccc(NC(=O)CN(C)CC(=O)N2CCNCC2)cc1C. The van der Waals surface area contributed by atoms with Gasteiger partial charge in [-0.05, 0) is 44.2 Å². The monoisotopic (exact) mass is 318 g/mol. The number of carbonyl (C=O) groups is 2. The van der Waals surface area contributed by atoms with Crippen molar-refractivity contribution in [3.05, 3.63) is 29.3 Å². The summed E-state index contributed by atoms with van der Waals surface area (Å²) >= 11 is 0. The molecule has 1 heterocycles. The molecule has 1 aromatic carbocycles. The van der Waals surface area contributed by atoms with Crippen LogP contribution in [0, 0.1) is 13.8 Å². The molecular formula is C17H26N4O2. The number of hydrogen-bond donors (Lipinski definition) is 2.